The van der Waals surface area contributed by atoms with Crippen molar-refractivity contribution in [1.82, 2.24) is 14.9 Å². The first-order chi connectivity index (χ1) is 10.2. The van der Waals surface area contributed by atoms with Gasteiger partial charge >= 0.3 is 6.09 Å². The van der Waals surface area contributed by atoms with Crippen molar-refractivity contribution in [1.29, 1.82) is 0 Å². The van der Waals surface area contributed by atoms with Crippen LogP contribution in [0.5, 0.6) is 0 Å². The summed E-state index contributed by atoms with van der Waals surface area (Å²) in [4.78, 5) is 24.6. The predicted molar refractivity (Wildman–Crippen MR) is 86.0 cm³/mol. The van der Waals surface area contributed by atoms with E-state index in [-0.39, 0.29) is 6.09 Å². The number of nitrogens with zero attached hydrogens (tertiary/aromatic N) is 4. The van der Waals surface area contributed by atoms with Gasteiger partial charge in [-0.25, -0.2) is 14.8 Å². The lowest BCUT2D eigenvalue weighted by Crippen LogP contribution is -2.36. The third-order valence-electron chi connectivity index (χ3n) is 3.59. The maximum atomic E-state index is 12.1. The quantitative estimate of drug-likeness (QED) is 0.858. The van der Waals surface area contributed by atoms with Crippen molar-refractivity contribution in [3.05, 3.63) is 18.0 Å². The van der Waals surface area contributed by atoms with Gasteiger partial charge in [-0.2, -0.15) is 0 Å². The lowest BCUT2D eigenvalue weighted by molar-refractivity contribution is 0.0288. The molecule has 0 aromatic carbocycles. The second-order valence-electron chi connectivity index (χ2n) is 6.96. The Bertz CT molecular complexity index is 527. The number of amides is 1. The molecule has 1 aromatic rings. The molecule has 6 nitrogen and oxygen atoms in total. The van der Waals surface area contributed by atoms with Crippen LogP contribution in [0, 0.1) is 12.8 Å². The Kier molecular flexibility index (Phi) is 4.88. The van der Waals surface area contributed by atoms with Crippen molar-refractivity contribution in [2.45, 2.75) is 39.7 Å². The third-order valence-corrected chi connectivity index (χ3v) is 3.59. The van der Waals surface area contributed by atoms with E-state index >= 15 is 0 Å². The molecule has 1 aliphatic heterocycles. The number of carbonyl (C=O) groups excluding carboxylic acids is 1. The van der Waals surface area contributed by atoms with Gasteiger partial charge in [0.1, 0.15) is 5.60 Å². The van der Waals surface area contributed by atoms with Crippen LogP contribution in [0.2, 0.25) is 0 Å². The van der Waals surface area contributed by atoms with E-state index in [1.807, 2.05) is 40.8 Å². The average Bonchev–Trinajstić information content (AvgIpc) is 2.85. The molecule has 0 aliphatic carbocycles. The number of aromatic nitrogens is 2. The molecule has 0 bridgehead atoms. The molecular formula is C16H26N4O2. The number of carbonyl (C=O) groups is 1. The molecule has 1 aliphatic rings. The SMILES string of the molecule is Cc1ccnc(N(C)CC2CCN(C(=O)OC(C)(C)C)C2)n1. The highest BCUT2D eigenvalue weighted by Crippen LogP contribution is 2.21. The van der Waals surface area contributed by atoms with Crippen molar-refractivity contribution in [3.8, 4) is 0 Å². The highest BCUT2D eigenvalue weighted by molar-refractivity contribution is 5.68. The van der Waals surface area contributed by atoms with Crippen LogP contribution < -0.4 is 4.90 Å². The first-order valence-electron chi connectivity index (χ1n) is 7.73. The van der Waals surface area contributed by atoms with E-state index in [1.54, 1.807) is 11.1 Å². The first-order valence-corrected chi connectivity index (χ1v) is 7.73. The summed E-state index contributed by atoms with van der Waals surface area (Å²) in [5.41, 5.74) is 0.514. The fourth-order valence-electron chi connectivity index (χ4n) is 2.56. The molecule has 0 spiro atoms. The molecular weight excluding hydrogens is 280 g/mol. The summed E-state index contributed by atoms with van der Waals surface area (Å²) in [6.07, 6.45) is 2.54. The van der Waals surface area contributed by atoms with Gasteiger partial charge in [0.05, 0.1) is 0 Å². The summed E-state index contributed by atoms with van der Waals surface area (Å²) in [5, 5.41) is 0. The highest BCUT2D eigenvalue weighted by Gasteiger charge is 2.30. The van der Waals surface area contributed by atoms with Gasteiger partial charge in [0.15, 0.2) is 0 Å². The van der Waals surface area contributed by atoms with Crippen LogP contribution in [0.15, 0.2) is 12.3 Å². The second kappa shape index (κ2) is 6.50. The molecule has 6 heteroatoms. The number of rotatable bonds is 3. The van der Waals surface area contributed by atoms with Crippen LogP contribution in [0.1, 0.15) is 32.9 Å². The number of anilines is 1. The van der Waals surface area contributed by atoms with Crippen molar-refractivity contribution >= 4 is 12.0 Å². The highest BCUT2D eigenvalue weighted by atomic mass is 16.6. The Hall–Kier alpha value is -1.85. The van der Waals surface area contributed by atoms with Gasteiger partial charge in [-0.1, -0.05) is 0 Å². The zero-order chi connectivity index (χ0) is 16.3. The summed E-state index contributed by atoms with van der Waals surface area (Å²) < 4.78 is 5.42. The van der Waals surface area contributed by atoms with Crippen molar-refractivity contribution in [2.24, 2.45) is 5.92 Å². The molecule has 1 amide bonds. The minimum Gasteiger partial charge on any atom is -0.444 e. The molecule has 0 radical (unpaired) electrons. The maximum absolute atomic E-state index is 12.1. The monoisotopic (exact) mass is 306 g/mol. The summed E-state index contributed by atoms with van der Waals surface area (Å²) in [5.74, 6) is 1.15. The fourth-order valence-corrected chi connectivity index (χ4v) is 2.56. The standard InChI is InChI=1S/C16H26N4O2/c1-12-6-8-17-14(18-12)19(5)10-13-7-9-20(11-13)15(21)22-16(2,3)4/h6,8,13H,7,9-11H2,1-5H3. The minimum atomic E-state index is -0.443. The van der Waals surface area contributed by atoms with E-state index < -0.39 is 5.60 Å². The smallest absolute Gasteiger partial charge is 0.410 e. The molecule has 1 aromatic heterocycles. The Balaban J connectivity index is 1.87. The first kappa shape index (κ1) is 16.5. The number of ether oxygens (including phenoxy) is 1. The maximum Gasteiger partial charge on any atom is 0.410 e. The fraction of sp³-hybridized carbons (Fsp3) is 0.688. The second-order valence-corrected chi connectivity index (χ2v) is 6.96. The van der Waals surface area contributed by atoms with E-state index in [0.717, 1.165) is 37.7 Å². The predicted octanol–water partition coefficient (Wildman–Crippen LogP) is 2.48. The molecule has 0 saturated carbocycles. The topological polar surface area (TPSA) is 58.6 Å². The zero-order valence-corrected chi connectivity index (χ0v) is 14.2. The van der Waals surface area contributed by atoms with Gasteiger partial charge < -0.3 is 14.5 Å². The zero-order valence-electron chi connectivity index (χ0n) is 14.2. The average molecular weight is 306 g/mol. The number of likely N-dealkylation sites (tertiary alicyclic amines) is 1. The van der Waals surface area contributed by atoms with Crippen LogP contribution in [0.4, 0.5) is 10.7 Å². The Labute approximate surface area is 132 Å². The minimum absolute atomic E-state index is 0.218. The van der Waals surface area contributed by atoms with Crippen molar-refractivity contribution < 1.29 is 9.53 Å². The van der Waals surface area contributed by atoms with E-state index in [2.05, 4.69) is 14.9 Å². The Morgan fingerprint density at radius 1 is 1.50 bits per heavy atom. The molecule has 1 atom stereocenters. The molecule has 122 valence electrons. The van der Waals surface area contributed by atoms with Crippen molar-refractivity contribution in [2.75, 3.05) is 31.6 Å². The molecule has 0 N–H and O–H groups in total. The van der Waals surface area contributed by atoms with Crippen LogP contribution >= 0.6 is 0 Å². The van der Waals surface area contributed by atoms with E-state index in [9.17, 15) is 4.79 Å². The van der Waals surface area contributed by atoms with Crippen LogP contribution in [-0.4, -0.2) is 53.2 Å². The van der Waals surface area contributed by atoms with E-state index in [1.165, 1.54) is 0 Å². The van der Waals surface area contributed by atoms with Gasteiger partial charge in [0.2, 0.25) is 5.95 Å². The van der Waals surface area contributed by atoms with Gasteiger partial charge in [-0.15, -0.1) is 0 Å². The molecule has 22 heavy (non-hydrogen) atoms. The summed E-state index contributed by atoms with van der Waals surface area (Å²) in [6, 6.07) is 1.89. The molecule has 1 fully saturated rings. The molecule has 1 unspecified atom stereocenters. The van der Waals surface area contributed by atoms with E-state index in [4.69, 9.17) is 4.74 Å². The Morgan fingerprint density at radius 3 is 2.86 bits per heavy atom. The molecule has 2 heterocycles. The lowest BCUT2D eigenvalue weighted by atomic mass is 10.1. The Morgan fingerprint density at radius 2 is 2.23 bits per heavy atom. The van der Waals surface area contributed by atoms with Gasteiger partial charge in [0, 0.05) is 38.6 Å². The largest absolute Gasteiger partial charge is 0.444 e. The van der Waals surface area contributed by atoms with E-state index in [0.29, 0.717) is 5.92 Å². The van der Waals surface area contributed by atoms with Gasteiger partial charge in [-0.05, 0) is 46.1 Å². The van der Waals surface area contributed by atoms with Gasteiger partial charge in [-0.3, -0.25) is 0 Å². The third kappa shape index (κ3) is 4.58. The van der Waals surface area contributed by atoms with Crippen LogP contribution in [0.3, 0.4) is 0 Å². The number of aryl methyl sites for hydroxylation is 1. The number of hydrogen-bond acceptors (Lipinski definition) is 5. The van der Waals surface area contributed by atoms with Crippen LogP contribution in [0.25, 0.3) is 0 Å². The van der Waals surface area contributed by atoms with Crippen LogP contribution in [-0.2, 0) is 4.74 Å². The van der Waals surface area contributed by atoms with Crippen molar-refractivity contribution in [3.63, 3.8) is 0 Å². The lowest BCUT2D eigenvalue weighted by Gasteiger charge is -2.25. The summed E-state index contributed by atoms with van der Waals surface area (Å²) >= 11 is 0. The summed E-state index contributed by atoms with van der Waals surface area (Å²) in [7, 11) is 1.99. The summed E-state index contributed by atoms with van der Waals surface area (Å²) in [6.45, 7) is 9.94. The molecule has 2 rings (SSSR count). The number of hydrogen-bond donors (Lipinski definition) is 0. The van der Waals surface area contributed by atoms with Gasteiger partial charge in [0.25, 0.3) is 0 Å². The molecule has 1 saturated heterocycles. The normalized spacial score (nSPS) is 18.4.